The Morgan fingerprint density at radius 3 is 2.53 bits per heavy atom. The first-order valence-corrected chi connectivity index (χ1v) is 8.22. The van der Waals surface area contributed by atoms with E-state index in [1.165, 1.54) is 11.1 Å². The molecule has 0 atom stereocenters. The van der Waals surface area contributed by atoms with Crippen molar-refractivity contribution in [3.63, 3.8) is 0 Å². The lowest BCUT2D eigenvalue weighted by Gasteiger charge is -2.10. The number of hydrogen-bond acceptors (Lipinski definition) is 1. The highest BCUT2D eigenvalue weighted by atomic mass is 79.9. The van der Waals surface area contributed by atoms with Gasteiger partial charge in [0.1, 0.15) is 5.75 Å². The average Bonchev–Trinajstić information content (AvgIpc) is 2.46. The maximum absolute atomic E-state index is 5.85. The summed E-state index contributed by atoms with van der Waals surface area (Å²) in [4.78, 5) is 0. The van der Waals surface area contributed by atoms with Gasteiger partial charge in [-0.25, -0.2) is 0 Å². The Morgan fingerprint density at radius 2 is 1.79 bits per heavy atom. The minimum Gasteiger partial charge on any atom is -0.493 e. The predicted octanol–water partition coefficient (Wildman–Crippen LogP) is 5.36. The van der Waals surface area contributed by atoms with Crippen LogP contribution in [-0.4, -0.2) is 6.61 Å². The summed E-state index contributed by atoms with van der Waals surface area (Å²) in [7, 11) is 0. The van der Waals surface area contributed by atoms with Crippen LogP contribution in [0.1, 0.15) is 17.5 Å². The van der Waals surface area contributed by atoms with E-state index in [2.05, 4.69) is 62.2 Å². The second-order valence-corrected chi connectivity index (χ2v) is 5.80. The molecule has 0 bridgehead atoms. The van der Waals surface area contributed by atoms with Crippen molar-refractivity contribution in [1.82, 2.24) is 0 Å². The lowest BCUT2D eigenvalue weighted by molar-refractivity contribution is 0.309. The number of benzene rings is 2. The van der Waals surface area contributed by atoms with Crippen LogP contribution < -0.4 is 4.74 Å². The van der Waals surface area contributed by atoms with E-state index in [0.29, 0.717) is 0 Å². The molecule has 0 heterocycles. The summed E-state index contributed by atoms with van der Waals surface area (Å²) in [6.45, 7) is 0.747. The van der Waals surface area contributed by atoms with Crippen molar-refractivity contribution in [1.29, 1.82) is 0 Å². The minimum absolute atomic E-state index is 0.747. The van der Waals surface area contributed by atoms with E-state index in [0.717, 1.165) is 35.0 Å². The van der Waals surface area contributed by atoms with Crippen LogP contribution in [-0.2, 0) is 11.8 Å². The first-order chi connectivity index (χ1) is 9.29. The molecule has 2 rings (SSSR count). The molecule has 0 radical (unpaired) electrons. The molecule has 19 heavy (non-hydrogen) atoms. The van der Waals surface area contributed by atoms with Gasteiger partial charge in [-0.15, -0.1) is 0 Å². The molecular weight excluding hydrogens is 368 g/mol. The molecule has 0 fully saturated rings. The van der Waals surface area contributed by atoms with E-state index in [1.807, 2.05) is 18.2 Å². The van der Waals surface area contributed by atoms with Crippen LogP contribution in [0.2, 0.25) is 0 Å². The number of ether oxygens (including phenoxy) is 1. The van der Waals surface area contributed by atoms with E-state index in [4.69, 9.17) is 4.74 Å². The van der Waals surface area contributed by atoms with Gasteiger partial charge in [0, 0.05) is 15.4 Å². The van der Waals surface area contributed by atoms with Crippen LogP contribution in [0, 0.1) is 0 Å². The molecule has 0 saturated carbocycles. The molecule has 0 spiro atoms. The highest BCUT2D eigenvalue weighted by Crippen LogP contribution is 2.25. The molecule has 0 aliphatic heterocycles. The third-order valence-electron chi connectivity index (χ3n) is 2.88. The Labute approximate surface area is 131 Å². The lowest BCUT2D eigenvalue weighted by Crippen LogP contribution is -2.01. The Morgan fingerprint density at radius 1 is 1.00 bits per heavy atom. The zero-order chi connectivity index (χ0) is 13.5. The van der Waals surface area contributed by atoms with Gasteiger partial charge in [-0.2, -0.15) is 0 Å². The smallest absolute Gasteiger partial charge is 0.123 e. The molecule has 1 nitrogen and oxygen atoms in total. The fourth-order valence-electron chi connectivity index (χ4n) is 1.90. The normalized spacial score (nSPS) is 10.4. The standard InChI is InChI=1S/C16H16Br2O/c17-12-14-11-15(18)8-9-16(14)19-10-4-7-13-5-2-1-3-6-13/h1-3,5-6,8-9,11H,4,7,10,12H2. The maximum atomic E-state index is 5.85. The number of rotatable bonds is 6. The minimum atomic E-state index is 0.747. The highest BCUT2D eigenvalue weighted by molar-refractivity contribution is 9.10. The Kier molecular flexibility index (Phi) is 5.93. The third kappa shape index (κ3) is 4.66. The van der Waals surface area contributed by atoms with Gasteiger partial charge in [0.15, 0.2) is 0 Å². The van der Waals surface area contributed by atoms with Crippen LogP contribution in [0.15, 0.2) is 53.0 Å². The van der Waals surface area contributed by atoms with Crippen LogP contribution in [0.25, 0.3) is 0 Å². The summed E-state index contributed by atoms with van der Waals surface area (Å²) < 4.78 is 6.94. The fraction of sp³-hybridized carbons (Fsp3) is 0.250. The first kappa shape index (κ1) is 14.6. The Hall–Kier alpha value is -0.800. The average molecular weight is 384 g/mol. The summed E-state index contributed by atoms with van der Waals surface area (Å²) in [5.74, 6) is 0.966. The summed E-state index contributed by atoms with van der Waals surface area (Å²) in [6, 6.07) is 16.6. The number of alkyl halides is 1. The molecular formula is C16H16Br2O. The zero-order valence-electron chi connectivity index (χ0n) is 10.6. The van der Waals surface area contributed by atoms with Crippen molar-refractivity contribution in [3.05, 3.63) is 64.1 Å². The second-order valence-electron chi connectivity index (χ2n) is 4.32. The molecule has 2 aromatic rings. The molecule has 0 amide bonds. The molecule has 0 aliphatic carbocycles. The van der Waals surface area contributed by atoms with Crippen LogP contribution >= 0.6 is 31.9 Å². The van der Waals surface area contributed by atoms with Gasteiger partial charge in [0.25, 0.3) is 0 Å². The molecule has 2 aromatic carbocycles. The van der Waals surface area contributed by atoms with Gasteiger partial charge >= 0.3 is 0 Å². The molecule has 0 N–H and O–H groups in total. The number of hydrogen-bond donors (Lipinski definition) is 0. The van der Waals surface area contributed by atoms with Crippen molar-refractivity contribution in [3.8, 4) is 5.75 Å². The Balaban J connectivity index is 1.83. The molecule has 0 aromatic heterocycles. The number of aryl methyl sites for hydroxylation is 1. The summed E-state index contributed by atoms with van der Waals surface area (Å²) in [6.07, 6.45) is 2.09. The van der Waals surface area contributed by atoms with Crippen molar-refractivity contribution in [2.24, 2.45) is 0 Å². The van der Waals surface area contributed by atoms with Crippen LogP contribution in [0.3, 0.4) is 0 Å². The van der Waals surface area contributed by atoms with E-state index in [-0.39, 0.29) is 0 Å². The maximum Gasteiger partial charge on any atom is 0.123 e. The molecule has 3 heteroatoms. The summed E-state index contributed by atoms with van der Waals surface area (Å²) in [5, 5.41) is 0.806. The van der Waals surface area contributed by atoms with E-state index in [1.54, 1.807) is 0 Å². The van der Waals surface area contributed by atoms with Crippen LogP contribution in [0.5, 0.6) is 5.75 Å². The van der Waals surface area contributed by atoms with E-state index >= 15 is 0 Å². The third-order valence-corrected chi connectivity index (χ3v) is 3.97. The van der Waals surface area contributed by atoms with Gasteiger partial charge in [0.2, 0.25) is 0 Å². The second kappa shape index (κ2) is 7.71. The van der Waals surface area contributed by atoms with Crippen molar-refractivity contribution in [2.45, 2.75) is 18.2 Å². The SMILES string of the molecule is BrCc1cc(Br)ccc1OCCCc1ccccc1. The summed E-state index contributed by atoms with van der Waals surface area (Å²) in [5.41, 5.74) is 2.54. The highest BCUT2D eigenvalue weighted by Gasteiger charge is 2.03. The summed E-state index contributed by atoms with van der Waals surface area (Å²) >= 11 is 6.96. The lowest BCUT2D eigenvalue weighted by atomic mass is 10.1. The Bertz CT molecular complexity index is 511. The topological polar surface area (TPSA) is 9.23 Å². The fourth-order valence-corrected chi connectivity index (χ4v) is 2.74. The van der Waals surface area contributed by atoms with Crippen molar-refractivity contribution >= 4 is 31.9 Å². The van der Waals surface area contributed by atoms with Crippen molar-refractivity contribution < 1.29 is 4.74 Å². The van der Waals surface area contributed by atoms with Gasteiger partial charge in [-0.3, -0.25) is 0 Å². The van der Waals surface area contributed by atoms with E-state index < -0.39 is 0 Å². The number of halogens is 2. The van der Waals surface area contributed by atoms with Gasteiger partial charge in [-0.05, 0) is 36.6 Å². The van der Waals surface area contributed by atoms with Gasteiger partial charge in [-0.1, -0.05) is 62.2 Å². The molecule has 0 unspecified atom stereocenters. The van der Waals surface area contributed by atoms with E-state index in [9.17, 15) is 0 Å². The van der Waals surface area contributed by atoms with Crippen molar-refractivity contribution in [2.75, 3.05) is 6.61 Å². The van der Waals surface area contributed by atoms with Gasteiger partial charge < -0.3 is 4.74 Å². The molecule has 100 valence electrons. The quantitative estimate of drug-likeness (QED) is 0.482. The predicted molar refractivity (Wildman–Crippen MR) is 87.0 cm³/mol. The monoisotopic (exact) mass is 382 g/mol. The largest absolute Gasteiger partial charge is 0.493 e. The zero-order valence-corrected chi connectivity index (χ0v) is 13.8. The molecule has 0 aliphatic rings. The molecule has 0 saturated heterocycles. The van der Waals surface area contributed by atoms with Crippen LogP contribution in [0.4, 0.5) is 0 Å². The first-order valence-electron chi connectivity index (χ1n) is 6.30. The van der Waals surface area contributed by atoms with Gasteiger partial charge in [0.05, 0.1) is 6.61 Å².